The van der Waals surface area contributed by atoms with Crippen LogP contribution in [0, 0.1) is 0 Å². The van der Waals surface area contributed by atoms with E-state index in [1.807, 2.05) is 30.3 Å². The molecule has 0 aromatic heterocycles. The topological polar surface area (TPSA) is 78.9 Å². The maximum atomic E-state index is 13.5. The van der Waals surface area contributed by atoms with Gasteiger partial charge in [-0.1, -0.05) is 73.9 Å². The van der Waals surface area contributed by atoms with Crippen LogP contribution in [0.15, 0.2) is 72.8 Å². The summed E-state index contributed by atoms with van der Waals surface area (Å²) in [6.07, 6.45) is 7.21. The van der Waals surface area contributed by atoms with Crippen molar-refractivity contribution in [2.45, 2.75) is 63.6 Å². The molecule has 1 aliphatic carbocycles. The van der Waals surface area contributed by atoms with Gasteiger partial charge in [0.1, 0.15) is 17.9 Å². The van der Waals surface area contributed by atoms with Crippen molar-refractivity contribution in [3.05, 3.63) is 95.1 Å². The molecule has 5 rings (SSSR count). The number of nitrogens with zero attached hydrogens (tertiary/aromatic N) is 1. The van der Waals surface area contributed by atoms with Crippen LogP contribution in [0.3, 0.4) is 0 Å². The molecule has 1 saturated carbocycles. The van der Waals surface area contributed by atoms with E-state index in [9.17, 15) is 14.7 Å². The van der Waals surface area contributed by atoms with E-state index in [1.165, 1.54) is 43.7 Å². The highest BCUT2D eigenvalue weighted by molar-refractivity contribution is 5.99. The van der Waals surface area contributed by atoms with Crippen LogP contribution >= 0.6 is 0 Å². The minimum atomic E-state index is -1.06. The predicted molar refractivity (Wildman–Crippen MR) is 144 cm³/mol. The molecular weight excluding hydrogens is 464 g/mol. The van der Waals surface area contributed by atoms with Gasteiger partial charge in [0.15, 0.2) is 0 Å². The number of nitrogens with one attached hydrogen (secondary N) is 1. The summed E-state index contributed by atoms with van der Waals surface area (Å²) >= 11 is 0. The molecule has 192 valence electrons. The van der Waals surface area contributed by atoms with Crippen LogP contribution in [-0.4, -0.2) is 29.6 Å². The molecule has 3 aromatic rings. The van der Waals surface area contributed by atoms with Gasteiger partial charge in [-0.2, -0.15) is 0 Å². The Morgan fingerprint density at radius 1 is 0.892 bits per heavy atom. The number of rotatable bonds is 9. The summed E-state index contributed by atoms with van der Waals surface area (Å²) in [7, 11) is 0. The number of hydrogen-bond donors (Lipinski definition) is 2. The summed E-state index contributed by atoms with van der Waals surface area (Å²) in [5, 5.41) is 12.9. The molecule has 1 heterocycles. The first-order valence-electron chi connectivity index (χ1n) is 13.3. The van der Waals surface area contributed by atoms with Gasteiger partial charge in [-0.25, -0.2) is 4.79 Å². The molecule has 0 bridgehead atoms. The van der Waals surface area contributed by atoms with Crippen molar-refractivity contribution < 1.29 is 19.4 Å². The number of carboxylic acid groups (broad SMARTS) is 1. The van der Waals surface area contributed by atoms with E-state index in [-0.39, 0.29) is 29.9 Å². The number of aromatic carboxylic acids is 1. The van der Waals surface area contributed by atoms with E-state index in [1.54, 1.807) is 17.0 Å². The molecule has 6 heteroatoms. The quantitative estimate of drug-likeness (QED) is 0.384. The number of carbonyl (C=O) groups excluding carboxylic acids is 1. The third kappa shape index (κ3) is 6.03. The standard InChI is InChI=1S/C31H34N2O4/c34-30(28-17-18-32-28)33(20-22-11-13-25(14-12-22)24-9-5-2-6-10-24)26-15-16-27(31(35)36)29(19-26)37-21-23-7-3-1-4-8-23/h1,3-4,7-8,11-16,19,24,28,32H,2,5-6,9-10,17-18,20-21H2,(H,35,36)/t28-/m1/s1. The molecule has 1 saturated heterocycles. The van der Waals surface area contributed by atoms with Crippen molar-refractivity contribution in [3.8, 4) is 5.75 Å². The van der Waals surface area contributed by atoms with Gasteiger partial charge in [0, 0.05) is 11.8 Å². The van der Waals surface area contributed by atoms with Crippen LogP contribution in [0.1, 0.15) is 71.5 Å². The lowest BCUT2D eigenvalue weighted by atomic mass is 9.84. The lowest BCUT2D eigenvalue weighted by Gasteiger charge is -2.33. The number of amides is 1. The molecule has 0 spiro atoms. The van der Waals surface area contributed by atoms with Crippen LogP contribution in [0.4, 0.5) is 5.69 Å². The molecule has 37 heavy (non-hydrogen) atoms. The minimum Gasteiger partial charge on any atom is -0.488 e. The monoisotopic (exact) mass is 498 g/mol. The smallest absolute Gasteiger partial charge is 0.339 e. The normalized spacial score (nSPS) is 17.6. The zero-order valence-corrected chi connectivity index (χ0v) is 21.1. The number of carbonyl (C=O) groups is 2. The Morgan fingerprint density at radius 2 is 1.62 bits per heavy atom. The average Bonchev–Trinajstić information content (AvgIpc) is 2.90. The molecule has 2 N–H and O–H groups in total. The molecule has 3 aromatic carbocycles. The fourth-order valence-electron chi connectivity index (χ4n) is 5.21. The Morgan fingerprint density at radius 3 is 2.27 bits per heavy atom. The van der Waals surface area contributed by atoms with Gasteiger partial charge in [-0.3, -0.25) is 4.79 Å². The Kier molecular flexibility index (Phi) is 7.85. The van der Waals surface area contributed by atoms with Gasteiger partial charge in [0.05, 0.1) is 12.6 Å². The van der Waals surface area contributed by atoms with Crippen LogP contribution < -0.4 is 15.0 Å². The molecule has 6 nitrogen and oxygen atoms in total. The maximum Gasteiger partial charge on any atom is 0.339 e. The first-order valence-corrected chi connectivity index (χ1v) is 13.3. The van der Waals surface area contributed by atoms with Crippen LogP contribution in [0.25, 0.3) is 0 Å². The Labute approximate surface area is 218 Å². The molecule has 2 fully saturated rings. The fraction of sp³-hybridized carbons (Fsp3) is 0.355. The Balaban J connectivity index is 1.40. The van der Waals surface area contributed by atoms with E-state index in [2.05, 4.69) is 29.6 Å². The molecule has 0 unspecified atom stereocenters. The van der Waals surface area contributed by atoms with Crippen molar-refractivity contribution in [2.75, 3.05) is 11.4 Å². The maximum absolute atomic E-state index is 13.5. The molecule has 2 aliphatic rings. The SMILES string of the molecule is O=C(O)c1ccc(N(Cc2ccc(C3CCCCC3)cc2)C(=O)[C@H]2CCN2)cc1OCc1ccccc1. The second-order valence-corrected chi connectivity index (χ2v) is 10.1. The van der Waals surface area contributed by atoms with Crippen molar-refractivity contribution in [2.24, 2.45) is 0 Å². The Bertz CT molecular complexity index is 1220. The zero-order chi connectivity index (χ0) is 25.6. The van der Waals surface area contributed by atoms with Gasteiger partial charge in [-0.15, -0.1) is 0 Å². The second kappa shape index (κ2) is 11.6. The van der Waals surface area contributed by atoms with E-state index in [0.717, 1.165) is 24.1 Å². The third-order valence-corrected chi connectivity index (χ3v) is 7.53. The first kappa shape index (κ1) is 25.0. The summed E-state index contributed by atoms with van der Waals surface area (Å²) in [6, 6.07) is 22.9. The van der Waals surface area contributed by atoms with Crippen LogP contribution in [0.5, 0.6) is 5.75 Å². The zero-order valence-electron chi connectivity index (χ0n) is 21.1. The lowest BCUT2D eigenvalue weighted by molar-refractivity contribution is -0.122. The summed E-state index contributed by atoms with van der Waals surface area (Å²) in [5.41, 5.74) is 4.06. The van der Waals surface area contributed by atoms with E-state index >= 15 is 0 Å². The van der Waals surface area contributed by atoms with Crippen molar-refractivity contribution in [1.82, 2.24) is 5.32 Å². The van der Waals surface area contributed by atoms with Crippen molar-refractivity contribution in [1.29, 1.82) is 0 Å². The number of benzene rings is 3. The number of carboxylic acids is 1. The second-order valence-electron chi connectivity index (χ2n) is 10.1. The van der Waals surface area contributed by atoms with Gasteiger partial charge in [0.2, 0.25) is 5.91 Å². The van der Waals surface area contributed by atoms with E-state index in [0.29, 0.717) is 18.2 Å². The molecule has 0 radical (unpaired) electrons. The molecule has 1 amide bonds. The van der Waals surface area contributed by atoms with Crippen LogP contribution in [0.2, 0.25) is 0 Å². The number of ether oxygens (including phenoxy) is 1. The number of anilines is 1. The molecule has 1 atom stereocenters. The van der Waals surface area contributed by atoms with Gasteiger partial charge in [-0.05, 0) is 60.5 Å². The van der Waals surface area contributed by atoms with Gasteiger partial charge in [0.25, 0.3) is 0 Å². The Hall–Kier alpha value is -3.64. The molecular formula is C31H34N2O4. The summed E-state index contributed by atoms with van der Waals surface area (Å²) in [5.74, 6) is -0.195. The average molecular weight is 499 g/mol. The van der Waals surface area contributed by atoms with E-state index < -0.39 is 5.97 Å². The van der Waals surface area contributed by atoms with Gasteiger partial charge < -0.3 is 20.1 Å². The first-order chi connectivity index (χ1) is 18.1. The summed E-state index contributed by atoms with van der Waals surface area (Å²) in [4.78, 5) is 27.1. The number of hydrogen-bond acceptors (Lipinski definition) is 4. The highest BCUT2D eigenvalue weighted by atomic mass is 16.5. The highest BCUT2D eigenvalue weighted by Crippen LogP contribution is 2.33. The van der Waals surface area contributed by atoms with Crippen molar-refractivity contribution >= 4 is 17.6 Å². The largest absolute Gasteiger partial charge is 0.488 e. The third-order valence-electron chi connectivity index (χ3n) is 7.53. The van der Waals surface area contributed by atoms with Crippen molar-refractivity contribution in [3.63, 3.8) is 0 Å². The van der Waals surface area contributed by atoms with E-state index in [4.69, 9.17) is 4.74 Å². The lowest BCUT2D eigenvalue weighted by Crippen LogP contribution is -2.54. The highest BCUT2D eigenvalue weighted by Gasteiger charge is 2.30. The predicted octanol–water partition coefficient (Wildman–Crippen LogP) is 5.91. The van der Waals surface area contributed by atoms with Gasteiger partial charge >= 0.3 is 5.97 Å². The fourth-order valence-corrected chi connectivity index (χ4v) is 5.21. The minimum absolute atomic E-state index is 0.0142. The van der Waals surface area contributed by atoms with Crippen LogP contribution in [-0.2, 0) is 17.9 Å². The summed E-state index contributed by atoms with van der Waals surface area (Å²) in [6.45, 7) is 1.47. The summed E-state index contributed by atoms with van der Waals surface area (Å²) < 4.78 is 5.95. The molecule has 1 aliphatic heterocycles.